The van der Waals surface area contributed by atoms with E-state index in [2.05, 4.69) is 41.2 Å². The summed E-state index contributed by atoms with van der Waals surface area (Å²) in [5.41, 5.74) is 1.35. The van der Waals surface area contributed by atoms with Gasteiger partial charge in [-0.1, -0.05) is 26.7 Å². The van der Waals surface area contributed by atoms with Crippen LogP contribution in [0.25, 0.3) is 0 Å². The Labute approximate surface area is 112 Å². The number of hydrogen-bond donors (Lipinski definition) is 1. The highest BCUT2D eigenvalue weighted by atomic mass is 15.1. The Bertz CT molecular complexity index is 317. The van der Waals surface area contributed by atoms with Crippen molar-refractivity contribution in [2.24, 2.45) is 0 Å². The summed E-state index contributed by atoms with van der Waals surface area (Å²) >= 11 is 0. The van der Waals surface area contributed by atoms with E-state index in [-0.39, 0.29) is 0 Å². The number of anilines is 1. The number of rotatable bonds is 9. The molecule has 3 nitrogen and oxygen atoms in total. The van der Waals surface area contributed by atoms with Crippen molar-refractivity contribution in [2.75, 3.05) is 25.5 Å². The number of unbranched alkanes of at least 4 members (excludes halogenated alkanes) is 2. The maximum Gasteiger partial charge on any atom is 0.125 e. The number of nitrogens with one attached hydrogen (secondary N) is 1. The van der Waals surface area contributed by atoms with Crippen LogP contribution in [0.15, 0.2) is 18.3 Å². The van der Waals surface area contributed by atoms with Gasteiger partial charge in [-0.15, -0.1) is 0 Å². The number of aromatic nitrogens is 1. The summed E-state index contributed by atoms with van der Waals surface area (Å²) in [7, 11) is 1.91. The molecule has 0 aliphatic carbocycles. The number of pyridine rings is 1. The average Bonchev–Trinajstić information content (AvgIpc) is 2.42. The molecule has 0 aliphatic heterocycles. The zero-order chi connectivity index (χ0) is 13.2. The molecular weight excluding hydrogens is 222 g/mol. The van der Waals surface area contributed by atoms with Gasteiger partial charge in [0.25, 0.3) is 0 Å². The van der Waals surface area contributed by atoms with E-state index in [1.165, 1.54) is 44.3 Å². The number of hydrogen-bond acceptors (Lipinski definition) is 3. The van der Waals surface area contributed by atoms with E-state index in [9.17, 15) is 0 Å². The van der Waals surface area contributed by atoms with Crippen LogP contribution in [0.5, 0.6) is 0 Å². The predicted octanol–water partition coefficient (Wildman–Crippen LogP) is 3.53. The van der Waals surface area contributed by atoms with E-state index in [1.54, 1.807) is 0 Å². The van der Waals surface area contributed by atoms with Gasteiger partial charge in [0.05, 0.1) is 0 Å². The minimum atomic E-state index is 0.957. The summed E-state index contributed by atoms with van der Waals surface area (Å²) in [6, 6.07) is 4.26. The molecule has 3 heteroatoms. The fraction of sp³-hybridized carbons (Fsp3) is 0.667. The maximum absolute atomic E-state index is 4.26. The Hall–Kier alpha value is -1.09. The van der Waals surface area contributed by atoms with Gasteiger partial charge in [-0.3, -0.25) is 4.90 Å². The van der Waals surface area contributed by atoms with Crippen molar-refractivity contribution in [2.45, 2.75) is 46.1 Å². The first kappa shape index (κ1) is 15.0. The largest absolute Gasteiger partial charge is 0.373 e. The van der Waals surface area contributed by atoms with E-state index >= 15 is 0 Å². The molecule has 1 aromatic heterocycles. The summed E-state index contributed by atoms with van der Waals surface area (Å²) in [6.45, 7) is 7.95. The van der Waals surface area contributed by atoms with Crippen molar-refractivity contribution in [1.29, 1.82) is 0 Å². The van der Waals surface area contributed by atoms with Gasteiger partial charge in [0, 0.05) is 19.8 Å². The van der Waals surface area contributed by atoms with Crippen LogP contribution in [-0.4, -0.2) is 30.0 Å². The first-order valence-corrected chi connectivity index (χ1v) is 7.15. The Morgan fingerprint density at radius 2 is 1.83 bits per heavy atom. The third kappa shape index (κ3) is 5.50. The lowest BCUT2D eigenvalue weighted by atomic mass is 10.2. The van der Waals surface area contributed by atoms with Gasteiger partial charge in [0.2, 0.25) is 0 Å². The van der Waals surface area contributed by atoms with Crippen molar-refractivity contribution < 1.29 is 0 Å². The molecular formula is C15H27N3. The zero-order valence-electron chi connectivity index (χ0n) is 12.1. The van der Waals surface area contributed by atoms with Crippen molar-refractivity contribution in [3.05, 3.63) is 23.9 Å². The molecule has 0 amide bonds. The smallest absolute Gasteiger partial charge is 0.125 e. The lowest BCUT2D eigenvalue weighted by Gasteiger charge is -2.22. The Morgan fingerprint density at radius 3 is 2.39 bits per heavy atom. The quantitative estimate of drug-likeness (QED) is 0.725. The average molecular weight is 249 g/mol. The van der Waals surface area contributed by atoms with Crippen molar-refractivity contribution in [3.63, 3.8) is 0 Å². The van der Waals surface area contributed by atoms with Crippen molar-refractivity contribution in [3.8, 4) is 0 Å². The molecule has 0 atom stereocenters. The Balaban J connectivity index is 2.56. The summed E-state index contributed by atoms with van der Waals surface area (Å²) in [4.78, 5) is 6.82. The van der Waals surface area contributed by atoms with Crippen LogP contribution in [0.3, 0.4) is 0 Å². The van der Waals surface area contributed by atoms with Gasteiger partial charge >= 0.3 is 0 Å². The summed E-state index contributed by atoms with van der Waals surface area (Å²) in [5, 5.41) is 3.10. The fourth-order valence-corrected chi connectivity index (χ4v) is 2.00. The molecule has 0 saturated heterocycles. The molecule has 0 saturated carbocycles. The topological polar surface area (TPSA) is 28.2 Å². The molecule has 0 unspecified atom stereocenters. The van der Waals surface area contributed by atoms with Gasteiger partial charge < -0.3 is 5.32 Å². The van der Waals surface area contributed by atoms with Crippen molar-refractivity contribution in [1.82, 2.24) is 9.88 Å². The second-order valence-electron chi connectivity index (χ2n) is 4.78. The van der Waals surface area contributed by atoms with Gasteiger partial charge in [0.15, 0.2) is 0 Å². The minimum absolute atomic E-state index is 0.957. The van der Waals surface area contributed by atoms with Crippen LogP contribution in [0.2, 0.25) is 0 Å². The molecule has 102 valence electrons. The Kier molecular flexibility index (Phi) is 7.42. The van der Waals surface area contributed by atoms with Crippen LogP contribution >= 0.6 is 0 Å². The first-order valence-electron chi connectivity index (χ1n) is 7.15. The monoisotopic (exact) mass is 249 g/mol. The van der Waals surface area contributed by atoms with Gasteiger partial charge in [0.1, 0.15) is 5.82 Å². The van der Waals surface area contributed by atoms with Crippen LogP contribution in [0.1, 0.15) is 45.1 Å². The summed E-state index contributed by atoms with van der Waals surface area (Å²) in [6.07, 6.45) is 6.99. The van der Waals surface area contributed by atoms with Gasteiger partial charge in [-0.05, 0) is 43.6 Å². The summed E-state index contributed by atoms with van der Waals surface area (Å²) in [5.74, 6) is 0.957. The zero-order valence-corrected chi connectivity index (χ0v) is 12.1. The first-order chi connectivity index (χ1) is 8.80. The molecule has 1 aromatic rings. The lowest BCUT2D eigenvalue weighted by molar-refractivity contribution is 0.257. The molecule has 0 bridgehead atoms. The lowest BCUT2D eigenvalue weighted by Crippen LogP contribution is -2.25. The standard InChI is InChI=1S/C15H27N3/c1-4-6-10-18(11-7-5-2)13-14-8-9-17-15(12-14)16-3/h8-9,12H,4-7,10-11,13H2,1-3H3,(H,16,17). The summed E-state index contributed by atoms with van der Waals surface area (Å²) < 4.78 is 0. The highest BCUT2D eigenvalue weighted by molar-refractivity contribution is 5.36. The van der Waals surface area contributed by atoms with Crippen molar-refractivity contribution >= 4 is 5.82 Å². The third-order valence-electron chi connectivity index (χ3n) is 3.14. The van der Waals surface area contributed by atoms with Crippen LogP contribution in [0.4, 0.5) is 5.82 Å². The molecule has 1 N–H and O–H groups in total. The fourth-order valence-electron chi connectivity index (χ4n) is 2.00. The molecule has 1 rings (SSSR count). The molecule has 0 radical (unpaired) electrons. The Morgan fingerprint density at radius 1 is 1.17 bits per heavy atom. The van der Waals surface area contributed by atoms with E-state index in [1.807, 2.05) is 13.2 Å². The molecule has 0 aromatic carbocycles. The van der Waals surface area contributed by atoms with Gasteiger partial charge in [-0.2, -0.15) is 0 Å². The normalized spacial score (nSPS) is 10.9. The molecule has 0 spiro atoms. The van der Waals surface area contributed by atoms with Crippen LogP contribution in [0, 0.1) is 0 Å². The SMILES string of the molecule is CCCCN(CCCC)Cc1ccnc(NC)c1. The molecule has 18 heavy (non-hydrogen) atoms. The number of nitrogens with zero attached hydrogens (tertiary/aromatic N) is 2. The van der Waals surface area contributed by atoms with E-state index in [0.717, 1.165) is 12.4 Å². The van der Waals surface area contributed by atoms with Crippen LogP contribution in [-0.2, 0) is 6.54 Å². The molecule has 0 aliphatic rings. The molecule has 0 fully saturated rings. The highest BCUT2D eigenvalue weighted by Gasteiger charge is 2.05. The minimum Gasteiger partial charge on any atom is -0.373 e. The second kappa shape index (κ2) is 8.92. The maximum atomic E-state index is 4.26. The van der Waals surface area contributed by atoms with E-state index in [0.29, 0.717) is 0 Å². The van der Waals surface area contributed by atoms with E-state index < -0.39 is 0 Å². The molecule has 1 heterocycles. The van der Waals surface area contributed by atoms with Crippen LogP contribution < -0.4 is 5.32 Å². The predicted molar refractivity (Wildman–Crippen MR) is 78.9 cm³/mol. The van der Waals surface area contributed by atoms with Gasteiger partial charge in [-0.25, -0.2) is 4.98 Å². The second-order valence-corrected chi connectivity index (χ2v) is 4.78. The van der Waals surface area contributed by atoms with E-state index in [4.69, 9.17) is 0 Å². The third-order valence-corrected chi connectivity index (χ3v) is 3.14. The highest BCUT2D eigenvalue weighted by Crippen LogP contribution is 2.10.